The molecule has 0 aromatic heterocycles. The monoisotopic (exact) mass is 350 g/mol. The number of amides is 1. The number of fused-ring (bicyclic) bond motifs is 1. The second-order valence-electron chi connectivity index (χ2n) is 4.01. The van der Waals surface area contributed by atoms with Crippen molar-refractivity contribution in [2.45, 2.75) is 13.0 Å². The molecule has 0 spiro atoms. The maximum Gasteiger partial charge on any atom is 0.234 e. The molecule has 5 nitrogen and oxygen atoms in total. The second-order valence-corrected chi connectivity index (χ2v) is 4.87. The van der Waals surface area contributed by atoms with Crippen LogP contribution in [0.5, 0.6) is 11.5 Å². The van der Waals surface area contributed by atoms with E-state index in [9.17, 15) is 4.79 Å². The summed E-state index contributed by atoms with van der Waals surface area (Å²) in [7, 11) is 0. The molecule has 7 heteroatoms. The Morgan fingerprint density at radius 1 is 1.42 bits per heavy atom. The third-order valence-corrected chi connectivity index (χ3v) is 3.38. The summed E-state index contributed by atoms with van der Waals surface area (Å²) in [6, 6.07) is 3.58. The van der Waals surface area contributed by atoms with Gasteiger partial charge in [0.2, 0.25) is 5.91 Å². The molecular formula is C12H16BrClN2O3. The number of halogens is 2. The first-order valence-electron chi connectivity index (χ1n) is 5.70. The largest absolute Gasteiger partial charge is 0.486 e. The zero-order valence-corrected chi connectivity index (χ0v) is 12.8. The Morgan fingerprint density at radius 3 is 2.58 bits per heavy atom. The van der Waals surface area contributed by atoms with Crippen molar-refractivity contribution in [3.63, 3.8) is 0 Å². The standard InChI is InChI=1S/C12H15BrN2O3.ClH/c1-7(15-12(16)6-14)8-4-10-11(5-9(8)13)18-3-2-17-10;/h4-5,7H,2-3,6,14H2,1H3,(H,15,16);1H. The van der Waals surface area contributed by atoms with Crippen LogP contribution in [0, 0.1) is 0 Å². The van der Waals surface area contributed by atoms with E-state index < -0.39 is 0 Å². The van der Waals surface area contributed by atoms with Crippen molar-refractivity contribution in [2.24, 2.45) is 5.73 Å². The van der Waals surface area contributed by atoms with Gasteiger partial charge >= 0.3 is 0 Å². The van der Waals surface area contributed by atoms with Crippen molar-refractivity contribution in [2.75, 3.05) is 19.8 Å². The van der Waals surface area contributed by atoms with E-state index in [1.54, 1.807) is 0 Å². The number of carbonyl (C=O) groups is 1. The Kier molecular flexibility index (Phi) is 5.90. The molecule has 2 rings (SSSR count). The third kappa shape index (κ3) is 3.75. The fraction of sp³-hybridized carbons (Fsp3) is 0.417. The van der Waals surface area contributed by atoms with Gasteiger partial charge in [-0.3, -0.25) is 4.79 Å². The van der Waals surface area contributed by atoms with Crippen LogP contribution in [0.4, 0.5) is 0 Å². The number of hydrogen-bond acceptors (Lipinski definition) is 4. The highest BCUT2D eigenvalue weighted by molar-refractivity contribution is 9.10. The highest BCUT2D eigenvalue weighted by Crippen LogP contribution is 2.37. The highest BCUT2D eigenvalue weighted by Gasteiger charge is 2.18. The molecule has 0 saturated heterocycles. The fourth-order valence-electron chi connectivity index (χ4n) is 1.79. The lowest BCUT2D eigenvalue weighted by Gasteiger charge is -2.22. The molecule has 0 bridgehead atoms. The predicted octanol–water partition coefficient (Wildman–Crippen LogP) is 1.78. The van der Waals surface area contributed by atoms with E-state index >= 15 is 0 Å². The van der Waals surface area contributed by atoms with Gasteiger partial charge < -0.3 is 20.5 Å². The maximum absolute atomic E-state index is 11.3. The Labute approximate surface area is 126 Å². The summed E-state index contributed by atoms with van der Waals surface area (Å²) in [5.74, 6) is 1.23. The van der Waals surface area contributed by atoms with Crippen molar-refractivity contribution < 1.29 is 14.3 Å². The summed E-state index contributed by atoms with van der Waals surface area (Å²) >= 11 is 3.47. The second kappa shape index (κ2) is 6.98. The Morgan fingerprint density at radius 2 is 2.00 bits per heavy atom. The predicted molar refractivity (Wildman–Crippen MR) is 78.0 cm³/mol. The van der Waals surface area contributed by atoms with Gasteiger partial charge in [-0.2, -0.15) is 0 Å². The number of nitrogens with one attached hydrogen (secondary N) is 1. The minimum absolute atomic E-state index is 0. The molecule has 1 aromatic carbocycles. The molecule has 1 aliphatic rings. The van der Waals surface area contributed by atoms with Gasteiger partial charge in [-0.05, 0) is 24.6 Å². The zero-order valence-electron chi connectivity index (χ0n) is 10.4. The minimum Gasteiger partial charge on any atom is -0.486 e. The number of benzene rings is 1. The number of rotatable bonds is 3. The van der Waals surface area contributed by atoms with Gasteiger partial charge in [-0.1, -0.05) is 15.9 Å². The van der Waals surface area contributed by atoms with Crippen LogP contribution in [-0.4, -0.2) is 25.7 Å². The zero-order chi connectivity index (χ0) is 13.1. The molecule has 1 aromatic rings. The molecule has 1 aliphatic heterocycles. The molecule has 1 unspecified atom stereocenters. The van der Waals surface area contributed by atoms with E-state index in [0.717, 1.165) is 10.0 Å². The van der Waals surface area contributed by atoms with E-state index in [4.69, 9.17) is 15.2 Å². The smallest absolute Gasteiger partial charge is 0.234 e. The average Bonchev–Trinajstić information content (AvgIpc) is 2.37. The number of ether oxygens (including phenoxy) is 2. The molecule has 3 N–H and O–H groups in total. The van der Waals surface area contributed by atoms with Crippen LogP contribution in [0.3, 0.4) is 0 Å². The average molecular weight is 352 g/mol. The van der Waals surface area contributed by atoms with Gasteiger partial charge in [0.15, 0.2) is 11.5 Å². The Hall–Kier alpha value is -0.980. The topological polar surface area (TPSA) is 73.6 Å². The van der Waals surface area contributed by atoms with Gasteiger partial charge in [0.1, 0.15) is 13.2 Å². The normalized spacial score (nSPS) is 14.3. The summed E-state index contributed by atoms with van der Waals surface area (Å²) in [6.07, 6.45) is 0. The molecule has 0 saturated carbocycles. The van der Waals surface area contributed by atoms with Gasteiger partial charge in [0.25, 0.3) is 0 Å². The molecule has 1 amide bonds. The van der Waals surface area contributed by atoms with Crippen LogP contribution < -0.4 is 20.5 Å². The van der Waals surface area contributed by atoms with Gasteiger partial charge in [-0.25, -0.2) is 0 Å². The van der Waals surface area contributed by atoms with Gasteiger partial charge in [0, 0.05) is 4.47 Å². The molecule has 0 aliphatic carbocycles. The van der Waals surface area contributed by atoms with Crippen molar-refractivity contribution in [1.82, 2.24) is 5.32 Å². The molecule has 106 valence electrons. The van der Waals surface area contributed by atoms with Crippen LogP contribution in [0.15, 0.2) is 16.6 Å². The number of nitrogens with two attached hydrogens (primary N) is 1. The molecule has 19 heavy (non-hydrogen) atoms. The lowest BCUT2D eigenvalue weighted by atomic mass is 10.1. The Bertz CT molecular complexity index is 471. The van der Waals surface area contributed by atoms with Crippen molar-refractivity contribution in [3.05, 3.63) is 22.2 Å². The third-order valence-electron chi connectivity index (χ3n) is 2.69. The van der Waals surface area contributed by atoms with E-state index in [2.05, 4.69) is 21.2 Å². The first-order chi connectivity index (χ1) is 8.61. The molecule has 0 radical (unpaired) electrons. The summed E-state index contributed by atoms with van der Waals surface area (Å²) < 4.78 is 11.9. The number of carbonyl (C=O) groups excluding carboxylic acids is 1. The maximum atomic E-state index is 11.3. The van der Waals surface area contributed by atoms with E-state index in [1.165, 1.54) is 0 Å². The van der Waals surface area contributed by atoms with Gasteiger partial charge in [0.05, 0.1) is 12.6 Å². The van der Waals surface area contributed by atoms with Crippen LogP contribution in [0.1, 0.15) is 18.5 Å². The van der Waals surface area contributed by atoms with Crippen LogP contribution in [0.25, 0.3) is 0 Å². The quantitative estimate of drug-likeness (QED) is 0.870. The molecule has 1 atom stereocenters. The SMILES string of the molecule is CC(NC(=O)CN)c1cc2c(cc1Br)OCCO2.Cl. The first-order valence-corrected chi connectivity index (χ1v) is 6.49. The Balaban J connectivity index is 0.00000180. The first kappa shape index (κ1) is 16.1. The van der Waals surface area contributed by atoms with E-state index in [0.29, 0.717) is 24.7 Å². The minimum atomic E-state index is -0.190. The summed E-state index contributed by atoms with van der Waals surface area (Å²) in [5, 5.41) is 2.80. The van der Waals surface area contributed by atoms with E-state index in [-0.39, 0.29) is 30.9 Å². The van der Waals surface area contributed by atoms with Crippen molar-refractivity contribution >= 4 is 34.2 Å². The van der Waals surface area contributed by atoms with Crippen LogP contribution in [-0.2, 0) is 4.79 Å². The van der Waals surface area contributed by atoms with Crippen LogP contribution in [0.2, 0.25) is 0 Å². The summed E-state index contributed by atoms with van der Waals surface area (Å²) in [6.45, 7) is 2.96. The van der Waals surface area contributed by atoms with Gasteiger partial charge in [-0.15, -0.1) is 12.4 Å². The van der Waals surface area contributed by atoms with Crippen molar-refractivity contribution in [3.8, 4) is 11.5 Å². The lowest BCUT2D eigenvalue weighted by Crippen LogP contribution is -2.32. The van der Waals surface area contributed by atoms with Crippen molar-refractivity contribution in [1.29, 1.82) is 0 Å². The summed E-state index contributed by atoms with van der Waals surface area (Å²) in [5.41, 5.74) is 6.21. The highest BCUT2D eigenvalue weighted by atomic mass is 79.9. The molecule has 0 fully saturated rings. The molecular weight excluding hydrogens is 336 g/mol. The fourth-order valence-corrected chi connectivity index (χ4v) is 2.46. The van der Waals surface area contributed by atoms with E-state index in [1.807, 2.05) is 19.1 Å². The summed E-state index contributed by atoms with van der Waals surface area (Å²) in [4.78, 5) is 11.3. The number of hydrogen-bond donors (Lipinski definition) is 2. The lowest BCUT2D eigenvalue weighted by molar-refractivity contribution is -0.120. The molecule has 1 heterocycles. The van der Waals surface area contributed by atoms with Crippen LogP contribution >= 0.6 is 28.3 Å².